The summed E-state index contributed by atoms with van der Waals surface area (Å²) in [5.41, 5.74) is 15.7. The SMILES string of the molecule is NCCC(N)(Cc1ccc2ccc3cccc4ccc1c2c34)Cc1ccc2ccc3cccc4ccc1c2c34. The zero-order chi connectivity index (χ0) is 26.1. The molecule has 0 atom stereocenters. The second kappa shape index (κ2) is 8.38. The van der Waals surface area contributed by atoms with Crippen molar-refractivity contribution in [1.82, 2.24) is 0 Å². The third-order valence-electron chi connectivity index (χ3n) is 8.97. The Morgan fingerprint density at radius 1 is 0.436 bits per heavy atom. The molecule has 0 radical (unpaired) electrons. The van der Waals surface area contributed by atoms with Crippen LogP contribution >= 0.6 is 0 Å². The summed E-state index contributed by atoms with van der Waals surface area (Å²) < 4.78 is 0. The van der Waals surface area contributed by atoms with Gasteiger partial charge in [0, 0.05) is 5.54 Å². The van der Waals surface area contributed by atoms with Gasteiger partial charge in [0.15, 0.2) is 0 Å². The smallest absolute Gasteiger partial charge is 0.0248 e. The fourth-order valence-corrected chi connectivity index (χ4v) is 7.19. The van der Waals surface area contributed by atoms with Gasteiger partial charge < -0.3 is 11.5 Å². The van der Waals surface area contributed by atoms with Crippen LogP contribution in [-0.4, -0.2) is 12.1 Å². The van der Waals surface area contributed by atoms with Crippen LogP contribution in [0.25, 0.3) is 64.6 Å². The lowest BCUT2D eigenvalue weighted by Crippen LogP contribution is -2.46. The summed E-state index contributed by atoms with van der Waals surface area (Å²) >= 11 is 0. The van der Waals surface area contributed by atoms with E-state index in [1.54, 1.807) is 0 Å². The minimum absolute atomic E-state index is 0.458. The Balaban J connectivity index is 1.27. The van der Waals surface area contributed by atoms with E-state index in [1.807, 2.05) is 0 Å². The van der Waals surface area contributed by atoms with Crippen molar-refractivity contribution in [2.24, 2.45) is 11.5 Å². The molecule has 188 valence electrons. The molecular weight excluding hydrogens is 472 g/mol. The number of benzene rings is 8. The summed E-state index contributed by atoms with van der Waals surface area (Å²) in [7, 11) is 0. The molecule has 0 aliphatic rings. The van der Waals surface area contributed by atoms with Gasteiger partial charge >= 0.3 is 0 Å². The molecule has 8 aromatic carbocycles. The van der Waals surface area contributed by atoms with Gasteiger partial charge in [-0.3, -0.25) is 0 Å². The fraction of sp³-hybridized carbons (Fsp3) is 0.135. The molecule has 0 bridgehead atoms. The highest BCUT2D eigenvalue weighted by Crippen LogP contribution is 2.39. The van der Waals surface area contributed by atoms with Crippen LogP contribution in [0.4, 0.5) is 0 Å². The van der Waals surface area contributed by atoms with Crippen molar-refractivity contribution in [1.29, 1.82) is 0 Å². The minimum Gasteiger partial charge on any atom is -0.330 e. The normalized spacial score (nSPS) is 12.8. The number of rotatable bonds is 6. The maximum absolute atomic E-state index is 7.34. The Labute approximate surface area is 227 Å². The summed E-state index contributed by atoms with van der Waals surface area (Å²) in [6, 6.07) is 40.3. The molecule has 0 aliphatic heterocycles. The molecule has 0 spiro atoms. The first-order valence-corrected chi connectivity index (χ1v) is 13.9. The predicted molar refractivity (Wildman–Crippen MR) is 168 cm³/mol. The lowest BCUT2D eigenvalue weighted by molar-refractivity contribution is 0.395. The van der Waals surface area contributed by atoms with Crippen molar-refractivity contribution in [2.75, 3.05) is 6.54 Å². The average molecular weight is 503 g/mol. The highest BCUT2D eigenvalue weighted by Gasteiger charge is 2.28. The highest BCUT2D eigenvalue weighted by atomic mass is 14.8. The maximum Gasteiger partial charge on any atom is 0.0248 e. The molecule has 8 aromatic rings. The number of hydrogen-bond acceptors (Lipinski definition) is 2. The second-order valence-electron chi connectivity index (χ2n) is 11.4. The first-order valence-electron chi connectivity index (χ1n) is 13.9. The van der Waals surface area contributed by atoms with Gasteiger partial charge in [0.2, 0.25) is 0 Å². The molecule has 8 rings (SSSR count). The van der Waals surface area contributed by atoms with E-state index < -0.39 is 5.54 Å². The van der Waals surface area contributed by atoms with Gasteiger partial charge in [0.05, 0.1) is 0 Å². The van der Waals surface area contributed by atoms with Gasteiger partial charge in [0.1, 0.15) is 0 Å². The van der Waals surface area contributed by atoms with E-state index in [1.165, 1.54) is 75.8 Å². The molecule has 0 heterocycles. The highest BCUT2D eigenvalue weighted by molar-refractivity contribution is 6.24. The van der Waals surface area contributed by atoms with Crippen LogP contribution in [0.2, 0.25) is 0 Å². The van der Waals surface area contributed by atoms with Crippen molar-refractivity contribution in [2.45, 2.75) is 24.8 Å². The van der Waals surface area contributed by atoms with E-state index in [0.29, 0.717) is 6.54 Å². The van der Waals surface area contributed by atoms with Gasteiger partial charge in [-0.25, -0.2) is 0 Å². The summed E-state index contributed by atoms with van der Waals surface area (Å²) in [6.07, 6.45) is 2.32. The zero-order valence-electron chi connectivity index (χ0n) is 21.9. The molecule has 2 nitrogen and oxygen atoms in total. The van der Waals surface area contributed by atoms with Crippen molar-refractivity contribution < 1.29 is 0 Å². The van der Waals surface area contributed by atoms with E-state index in [0.717, 1.165) is 19.3 Å². The van der Waals surface area contributed by atoms with Gasteiger partial charge in [0.25, 0.3) is 0 Å². The molecule has 0 aliphatic carbocycles. The van der Waals surface area contributed by atoms with Crippen LogP contribution in [0.1, 0.15) is 17.5 Å². The standard InChI is InChI=1S/C37H30N2/c38-20-19-37(39,21-29-13-11-27-9-7-23-3-1-5-25-15-17-31(29)35(27)33(23)25)22-30-14-12-28-10-8-24-4-2-6-26-16-18-32(30)36(28)34(24)26/h1-18H,19-22,38-39H2. The Morgan fingerprint density at radius 3 is 1.21 bits per heavy atom. The molecule has 0 fully saturated rings. The Kier molecular flexibility index (Phi) is 4.88. The van der Waals surface area contributed by atoms with E-state index >= 15 is 0 Å². The summed E-state index contributed by atoms with van der Waals surface area (Å²) in [5, 5.41) is 15.7. The first-order chi connectivity index (χ1) is 19.1. The summed E-state index contributed by atoms with van der Waals surface area (Å²) in [4.78, 5) is 0. The lowest BCUT2D eigenvalue weighted by atomic mass is 9.79. The maximum atomic E-state index is 7.34. The van der Waals surface area contributed by atoms with Crippen LogP contribution < -0.4 is 11.5 Å². The Morgan fingerprint density at radius 2 is 0.795 bits per heavy atom. The van der Waals surface area contributed by atoms with E-state index in [2.05, 4.69) is 109 Å². The van der Waals surface area contributed by atoms with E-state index in [-0.39, 0.29) is 0 Å². The monoisotopic (exact) mass is 502 g/mol. The topological polar surface area (TPSA) is 52.0 Å². The molecule has 0 amide bonds. The summed E-state index contributed by atoms with van der Waals surface area (Å²) in [6.45, 7) is 0.564. The average Bonchev–Trinajstić information content (AvgIpc) is 2.96. The van der Waals surface area contributed by atoms with Gasteiger partial charge in [-0.1, -0.05) is 109 Å². The Hall–Kier alpha value is -4.24. The molecule has 0 saturated carbocycles. The zero-order valence-corrected chi connectivity index (χ0v) is 21.9. The molecule has 0 saturated heterocycles. The van der Waals surface area contributed by atoms with Gasteiger partial charge in [-0.05, 0) is 102 Å². The van der Waals surface area contributed by atoms with Crippen LogP contribution in [0, 0.1) is 0 Å². The summed E-state index contributed by atoms with van der Waals surface area (Å²) in [5.74, 6) is 0. The molecular formula is C37H30N2. The lowest BCUT2D eigenvalue weighted by Gasteiger charge is -2.31. The molecule has 0 aromatic heterocycles. The minimum atomic E-state index is -0.458. The quantitative estimate of drug-likeness (QED) is 0.225. The molecule has 0 unspecified atom stereocenters. The number of hydrogen-bond donors (Lipinski definition) is 2. The Bertz CT molecular complexity index is 1970. The van der Waals surface area contributed by atoms with Gasteiger partial charge in [-0.2, -0.15) is 0 Å². The van der Waals surface area contributed by atoms with E-state index in [9.17, 15) is 0 Å². The molecule has 2 heteroatoms. The van der Waals surface area contributed by atoms with Crippen LogP contribution in [0.15, 0.2) is 109 Å². The van der Waals surface area contributed by atoms with Crippen LogP contribution in [0.3, 0.4) is 0 Å². The third-order valence-corrected chi connectivity index (χ3v) is 8.97. The van der Waals surface area contributed by atoms with Gasteiger partial charge in [-0.15, -0.1) is 0 Å². The number of nitrogens with two attached hydrogens (primary N) is 2. The van der Waals surface area contributed by atoms with E-state index in [4.69, 9.17) is 11.5 Å². The second-order valence-corrected chi connectivity index (χ2v) is 11.4. The predicted octanol–water partition coefficient (Wildman–Crippen LogP) is 8.31. The molecule has 4 N–H and O–H groups in total. The van der Waals surface area contributed by atoms with Crippen LogP contribution in [-0.2, 0) is 12.8 Å². The fourth-order valence-electron chi connectivity index (χ4n) is 7.19. The van der Waals surface area contributed by atoms with Crippen molar-refractivity contribution in [3.8, 4) is 0 Å². The van der Waals surface area contributed by atoms with Crippen molar-refractivity contribution >= 4 is 64.6 Å². The van der Waals surface area contributed by atoms with Crippen molar-refractivity contribution in [3.63, 3.8) is 0 Å². The van der Waals surface area contributed by atoms with Crippen molar-refractivity contribution in [3.05, 3.63) is 120 Å². The molecule has 39 heavy (non-hydrogen) atoms. The largest absolute Gasteiger partial charge is 0.330 e. The third kappa shape index (κ3) is 3.42. The first kappa shape index (κ1) is 22.7. The van der Waals surface area contributed by atoms with Crippen LogP contribution in [0.5, 0.6) is 0 Å².